The van der Waals surface area contributed by atoms with Crippen molar-refractivity contribution < 1.29 is 9.55 Å². The van der Waals surface area contributed by atoms with E-state index in [1.54, 1.807) is 6.07 Å². The maximum absolute atomic E-state index is 10.7. The third-order valence-corrected chi connectivity index (χ3v) is 2.29. The van der Waals surface area contributed by atoms with Crippen LogP contribution in [0.15, 0.2) is 16.8 Å². The summed E-state index contributed by atoms with van der Waals surface area (Å²) in [5.74, 6) is 0. The van der Waals surface area contributed by atoms with Crippen molar-refractivity contribution in [2.24, 2.45) is 5.73 Å². The Morgan fingerprint density at radius 3 is 2.78 bits per heavy atom. The molecule has 0 fully saturated rings. The molecule has 0 unspecified atom stereocenters. The summed E-state index contributed by atoms with van der Waals surface area (Å²) in [4.78, 5) is 10.2. The van der Waals surface area contributed by atoms with Crippen molar-refractivity contribution in [1.82, 2.24) is 10.3 Å². The molecule has 0 amide bonds. The van der Waals surface area contributed by atoms with Gasteiger partial charge in [0.1, 0.15) is 0 Å². The number of hydrogen-bond acceptors (Lipinski definition) is 7. The van der Waals surface area contributed by atoms with Gasteiger partial charge < -0.3 is 11.1 Å². The van der Waals surface area contributed by atoms with E-state index in [0.29, 0.717) is 24.3 Å². The smallest absolute Gasteiger partial charge is 0.300 e. The van der Waals surface area contributed by atoms with E-state index in [1.807, 2.05) is 0 Å². The van der Waals surface area contributed by atoms with Crippen LogP contribution in [0.3, 0.4) is 0 Å². The second-order valence-electron chi connectivity index (χ2n) is 3.42. The normalized spacial score (nSPS) is 10.1. The fourth-order valence-corrected chi connectivity index (χ4v) is 1.47. The Balaban J connectivity index is 0.00000162. The molecule has 2 rings (SSSR count). The number of benzene rings is 1. The fourth-order valence-electron chi connectivity index (χ4n) is 1.47. The summed E-state index contributed by atoms with van der Waals surface area (Å²) in [6, 6.07) is 2.96. The lowest BCUT2D eigenvalue weighted by Gasteiger charge is -2.04. The molecule has 0 saturated heterocycles. The molecule has 0 bridgehead atoms. The number of nitro benzene ring substituents is 1. The summed E-state index contributed by atoms with van der Waals surface area (Å²) in [5, 5.41) is 21.0. The van der Waals surface area contributed by atoms with Gasteiger partial charge in [0.15, 0.2) is 5.52 Å². The van der Waals surface area contributed by atoms with Crippen LogP contribution in [0.1, 0.15) is 6.42 Å². The average Bonchev–Trinajstić information content (AvgIpc) is 2.78. The van der Waals surface area contributed by atoms with Crippen molar-refractivity contribution in [3.8, 4) is 0 Å². The molecule has 0 aliphatic rings. The van der Waals surface area contributed by atoms with E-state index < -0.39 is 4.92 Å². The largest absolute Gasteiger partial charge is 0.383 e. The number of nitrogens with zero attached hydrogens (tertiary/aromatic N) is 3. The number of rotatable bonds is 5. The summed E-state index contributed by atoms with van der Waals surface area (Å²) in [6.45, 7) is 1.23. The maximum atomic E-state index is 10.7. The van der Waals surface area contributed by atoms with E-state index in [4.69, 9.17) is 5.73 Å². The highest BCUT2D eigenvalue weighted by atomic mass is 35.5. The first-order chi connectivity index (χ1) is 8.24. The minimum Gasteiger partial charge on any atom is -0.383 e. The third-order valence-electron chi connectivity index (χ3n) is 2.29. The predicted molar refractivity (Wildman–Crippen MR) is 67.9 cm³/mol. The van der Waals surface area contributed by atoms with E-state index >= 15 is 0 Å². The minimum absolute atomic E-state index is 0. The second kappa shape index (κ2) is 6.12. The van der Waals surface area contributed by atoms with Crippen LogP contribution >= 0.6 is 12.4 Å². The lowest BCUT2D eigenvalue weighted by Crippen LogP contribution is -2.08. The first-order valence-corrected chi connectivity index (χ1v) is 5.07. The molecule has 9 heteroatoms. The van der Waals surface area contributed by atoms with Gasteiger partial charge in [-0.3, -0.25) is 10.1 Å². The van der Waals surface area contributed by atoms with Crippen molar-refractivity contribution in [3.63, 3.8) is 0 Å². The third kappa shape index (κ3) is 2.66. The molecular weight excluding hydrogens is 262 g/mol. The lowest BCUT2D eigenvalue weighted by molar-refractivity contribution is -0.383. The molecule has 98 valence electrons. The molecule has 8 nitrogen and oxygen atoms in total. The van der Waals surface area contributed by atoms with Gasteiger partial charge >= 0.3 is 5.69 Å². The van der Waals surface area contributed by atoms with Gasteiger partial charge in [-0.2, -0.15) is 0 Å². The number of nitrogens with two attached hydrogens (primary N) is 1. The highest BCUT2D eigenvalue weighted by molar-refractivity contribution is 5.93. The molecular formula is C9H12ClN5O3. The van der Waals surface area contributed by atoms with Gasteiger partial charge in [0.2, 0.25) is 5.52 Å². The van der Waals surface area contributed by atoms with E-state index in [0.717, 1.165) is 6.42 Å². The Labute approximate surface area is 108 Å². The molecule has 0 radical (unpaired) electrons. The van der Waals surface area contributed by atoms with Gasteiger partial charge in [-0.1, -0.05) is 0 Å². The Morgan fingerprint density at radius 2 is 2.11 bits per heavy atom. The zero-order valence-electron chi connectivity index (χ0n) is 9.33. The van der Waals surface area contributed by atoms with Gasteiger partial charge in [0, 0.05) is 12.6 Å². The summed E-state index contributed by atoms with van der Waals surface area (Å²) in [7, 11) is 0. The number of fused-ring (bicyclic) bond motifs is 1. The molecule has 1 aromatic carbocycles. The van der Waals surface area contributed by atoms with Crippen LogP contribution < -0.4 is 11.1 Å². The van der Waals surface area contributed by atoms with E-state index in [9.17, 15) is 10.1 Å². The van der Waals surface area contributed by atoms with Crippen LogP contribution in [0.25, 0.3) is 11.0 Å². The second-order valence-corrected chi connectivity index (χ2v) is 3.42. The van der Waals surface area contributed by atoms with Crippen molar-refractivity contribution >= 4 is 34.8 Å². The van der Waals surface area contributed by atoms with Crippen LogP contribution in [0.5, 0.6) is 0 Å². The first-order valence-electron chi connectivity index (χ1n) is 5.07. The summed E-state index contributed by atoms with van der Waals surface area (Å²) in [5.41, 5.74) is 6.41. The molecule has 0 atom stereocenters. The van der Waals surface area contributed by atoms with Gasteiger partial charge in [0.05, 0.1) is 10.6 Å². The standard InChI is InChI=1S/C9H11N5O3.ClH/c10-4-1-5-11-6-2-3-7(14(15)16)9-8(6)12-17-13-9;/h2-3,11H,1,4-5,10H2;1H. The molecule has 18 heavy (non-hydrogen) atoms. The summed E-state index contributed by atoms with van der Waals surface area (Å²) in [6.07, 6.45) is 0.795. The number of non-ortho nitro benzene ring substituents is 1. The Morgan fingerprint density at radius 1 is 1.39 bits per heavy atom. The molecule has 0 saturated carbocycles. The highest BCUT2D eigenvalue weighted by Gasteiger charge is 2.19. The van der Waals surface area contributed by atoms with Crippen molar-refractivity contribution in [1.29, 1.82) is 0 Å². The van der Waals surface area contributed by atoms with E-state index in [2.05, 4.69) is 20.3 Å². The van der Waals surface area contributed by atoms with Crippen LogP contribution in [0.2, 0.25) is 0 Å². The number of nitro groups is 1. The van der Waals surface area contributed by atoms with Gasteiger partial charge in [0.25, 0.3) is 0 Å². The van der Waals surface area contributed by atoms with E-state index in [-0.39, 0.29) is 23.6 Å². The van der Waals surface area contributed by atoms with Crippen LogP contribution in [0.4, 0.5) is 11.4 Å². The Bertz CT molecular complexity index is 544. The fraction of sp³-hybridized carbons (Fsp3) is 0.333. The van der Waals surface area contributed by atoms with E-state index in [1.165, 1.54) is 6.07 Å². The topological polar surface area (TPSA) is 120 Å². The SMILES string of the molecule is Cl.NCCCNc1ccc([N+](=O)[O-])c2nonc12. The number of nitrogens with one attached hydrogen (secondary N) is 1. The molecule has 0 aliphatic carbocycles. The zero-order valence-corrected chi connectivity index (χ0v) is 10.1. The quantitative estimate of drug-likeness (QED) is 0.479. The Kier molecular flexibility index (Phi) is 4.81. The predicted octanol–water partition coefficient (Wildman–Crippen LogP) is 1.31. The molecule has 1 aromatic heterocycles. The van der Waals surface area contributed by atoms with Gasteiger partial charge in [-0.05, 0) is 29.3 Å². The number of hydrogen-bond donors (Lipinski definition) is 2. The van der Waals surface area contributed by atoms with Crippen molar-refractivity contribution in [2.75, 3.05) is 18.4 Å². The number of aromatic nitrogens is 2. The van der Waals surface area contributed by atoms with Crippen molar-refractivity contribution in [3.05, 3.63) is 22.2 Å². The molecule has 3 N–H and O–H groups in total. The monoisotopic (exact) mass is 273 g/mol. The summed E-state index contributed by atoms with van der Waals surface area (Å²) < 4.78 is 4.53. The first kappa shape index (κ1) is 14.1. The molecule has 0 spiro atoms. The highest BCUT2D eigenvalue weighted by Crippen LogP contribution is 2.28. The Hall–Kier alpha value is -1.93. The van der Waals surface area contributed by atoms with Crippen LogP contribution in [-0.2, 0) is 0 Å². The van der Waals surface area contributed by atoms with Gasteiger partial charge in [-0.25, -0.2) is 4.63 Å². The van der Waals surface area contributed by atoms with Crippen molar-refractivity contribution in [2.45, 2.75) is 6.42 Å². The van der Waals surface area contributed by atoms with Gasteiger partial charge in [-0.15, -0.1) is 12.4 Å². The minimum atomic E-state index is -0.518. The molecule has 1 heterocycles. The maximum Gasteiger partial charge on any atom is 0.300 e. The van der Waals surface area contributed by atoms with Crippen LogP contribution in [-0.4, -0.2) is 28.3 Å². The average molecular weight is 274 g/mol. The lowest BCUT2D eigenvalue weighted by atomic mass is 10.2. The molecule has 2 aromatic rings. The zero-order chi connectivity index (χ0) is 12.3. The summed E-state index contributed by atoms with van der Waals surface area (Å²) >= 11 is 0. The number of anilines is 1. The molecule has 0 aliphatic heterocycles. The number of halogens is 1. The van der Waals surface area contributed by atoms with Crippen LogP contribution in [0, 0.1) is 10.1 Å².